The third kappa shape index (κ3) is 3.57. The average Bonchev–Trinajstić information content (AvgIpc) is 2.97. The molecule has 0 saturated carbocycles. The van der Waals surface area contributed by atoms with E-state index < -0.39 is 0 Å². The van der Waals surface area contributed by atoms with Gasteiger partial charge in [0.1, 0.15) is 11.5 Å². The standard InChI is InChI=1S/C15H22ClNO3/c1-10(17-9-11-5-4-6-20-11)12-7-13(16)15(19-3)8-14(12)18-2/h7-8,10-11,17H,4-6,9H2,1-3H3. The molecule has 0 bridgehead atoms. The van der Waals surface area contributed by atoms with Crippen LogP contribution in [0.3, 0.4) is 0 Å². The zero-order chi connectivity index (χ0) is 14.5. The van der Waals surface area contributed by atoms with Gasteiger partial charge in [0, 0.05) is 30.8 Å². The Morgan fingerprint density at radius 1 is 1.35 bits per heavy atom. The Labute approximate surface area is 125 Å². The molecule has 0 radical (unpaired) electrons. The second kappa shape index (κ2) is 7.16. The molecular formula is C15H22ClNO3. The summed E-state index contributed by atoms with van der Waals surface area (Å²) in [5.74, 6) is 1.40. The van der Waals surface area contributed by atoms with Gasteiger partial charge in [-0.15, -0.1) is 0 Å². The van der Waals surface area contributed by atoms with Gasteiger partial charge in [0.05, 0.1) is 25.3 Å². The molecule has 1 N–H and O–H groups in total. The number of rotatable bonds is 6. The van der Waals surface area contributed by atoms with Crippen molar-refractivity contribution in [3.8, 4) is 11.5 Å². The van der Waals surface area contributed by atoms with Gasteiger partial charge in [0.2, 0.25) is 0 Å². The highest BCUT2D eigenvalue weighted by Gasteiger charge is 2.19. The fourth-order valence-corrected chi connectivity index (χ4v) is 2.69. The van der Waals surface area contributed by atoms with Crippen LogP contribution in [0.5, 0.6) is 11.5 Å². The summed E-state index contributed by atoms with van der Waals surface area (Å²) in [6.45, 7) is 3.81. The first-order valence-corrected chi connectivity index (χ1v) is 7.30. The molecule has 4 nitrogen and oxygen atoms in total. The largest absolute Gasteiger partial charge is 0.496 e. The lowest BCUT2D eigenvalue weighted by Gasteiger charge is -2.20. The fraction of sp³-hybridized carbons (Fsp3) is 0.600. The molecule has 1 heterocycles. The molecule has 5 heteroatoms. The molecule has 20 heavy (non-hydrogen) atoms. The van der Waals surface area contributed by atoms with Gasteiger partial charge in [-0.2, -0.15) is 0 Å². The van der Waals surface area contributed by atoms with Crippen LogP contribution in [0.25, 0.3) is 0 Å². The minimum Gasteiger partial charge on any atom is -0.496 e. The molecule has 0 spiro atoms. The summed E-state index contributed by atoms with van der Waals surface area (Å²) in [6, 6.07) is 3.85. The maximum absolute atomic E-state index is 6.20. The van der Waals surface area contributed by atoms with E-state index in [-0.39, 0.29) is 6.04 Å². The number of halogens is 1. The quantitative estimate of drug-likeness (QED) is 0.876. The predicted octanol–water partition coefficient (Wildman–Crippen LogP) is 3.19. The van der Waals surface area contributed by atoms with Crippen LogP contribution < -0.4 is 14.8 Å². The van der Waals surface area contributed by atoms with E-state index in [1.54, 1.807) is 14.2 Å². The maximum atomic E-state index is 6.20. The van der Waals surface area contributed by atoms with Crippen molar-refractivity contribution in [3.63, 3.8) is 0 Å². The van der Waals surface area contributed by atoms with Gasteiger partial charge in [-0.1, -0.05) is 11.6 Å². The molecule has 1 aromatic carbocycles. The number of nitrogens with one attached hydrogen (secondary N) is 1. The van der Waals surface area contributed by atoms with Crippen molar-refractivity contribution in [2.45, 2.75) is 31.9 Å². The van der Waals surface area contributed by atoms with E-state index in [0.29, 0.717) is 16.9 Å². The summed E-state index contributed by atoms with van der Waals surface area (Å²) in [6.07, 6.45) is 2.59. The van der Waals surface area contributed by atoms with Crippen LogP contribution in [-0.2, 0) is 4.74 Å². The molecule has 2 rings (SSSR count). The van der Waals surface area contributed by atoms with E-state index in [2.05, 4.69) is 12.2 Å². The second-order valence-electron chi connectivity index (χ2n) is 4.99. The Morgan fingerprint density at radius 2 is 2.10 bits per heavy atom. The van der Waals surface area contributed by atoms with E-state index in [9.17, 15) is 0 Å². The first kappa shape index (κ1) is 15.4. The van der Waals surface area contributed by atoms with E-state index in [1.807, 2.05) is 12.1 Å². The predicted molar refractivity (Wildman–Crippen MR) is 79.9 cm³/mol. The third-order valence-corrected chi connectivity index (χ3v) is 3.94. The Hall–Kier alpha value is -0.970. The molecule has 0 aromatic heterocycles. The van der Waals surface area contributed by atoms with Crippen molar-refractivity contribution in [2.24, 2.45) is 0 Å². The average molecular weight is 300 g/mol. The van der Waals surface area contributed by atoms with Crippen LogP contribution in [0.4, 0.5) is 0 Å². The van der Waals surface area contributed by atoms with Gasteiger partial charge in [-0.3, -0.25) is 0 Å². The lowest BCUT2D eigenvalue weighted by Crippen LogP contribution is -2.28. The van der Waals surface area contributed by atoms with E-state index in [1.165, 1.54) is 0 Å². The zero-order valence-corrected chi connectivity index (χ0v) is 13.0. The lowest BCUT2D eigenvalue weighted by molar-refractivity contribution is 0.108. The molecule has 1 fully saturated rings. The summed E-state index contributed by atoms with van der Waals surface area (Å²) in [4.78, 5) is 0. The summed E-state index contributed by atoms with van der Waals surface area (Å²) in [5, 5.41) is 4.07. The number of hydrogen-bond acceptors (Lipinski definition) is 4. The Morgan fingerprint density at radius 3 is 2.70 bits per heavy atom. The van der Waals surface area contributed by atoms with Crippen molar-refractivity contribution in [2.75, 3.05) is 27.4 Å². The smallest absolute Gasteiger partial charge is 0.141 e. The molecule has 2 atom stereocenters. The van der Waals surface area contributed by atoms with Gasteiger partial charge in [0.15, 0.2) is 0 Å². The van der Waals surface area contributed by atoms with Gasteiger partial charge < -0.3 is 19.5 Å². The molecule has 1 aromatic rings. The molecule has 0 amide bonds. The fourth-order valence-electron chi connectivity index (χ4n) is 2.45. The summed E-state index contributed by atoms with van der Waals surface area (Å²) in [5.41, 5.74) is 1.02. The van der Waals surface area contributed by atoms with Crippen LogP contribution in [0.1, 0.15) is 31.4 Å². The van der Waals surface area contributed by atoms with Gasteiger partial charge in [-0.25, -0.2) is 0 Å². The van der Waals surface area contributed by atoms with E-state index >= 15 is 0 Å². The molecule has 2 unspecified atom stereocenters. The van der Waals surface area contributed by atoms with Crippen molar-refractivity contribution < 1.29 is 14.2 Å². The lowest BCUT2D eigenvalue weighted by atomic mass is 10.1. The number of ether oxygens (including phenoxy) is 3. The number of hydrogen-bond donors (Lipinski definition) is 1. The monoisotopic (exact) mass is 299 g/mol. The Bertz CT molecular complexity index is 447. The first-order valence-electron chi connectivity index (χ1n) is 6.92. The molecule has 112 valence electrons. The SMILES string of the molecule is COc1cc(OC)c(C(C)NCC2CCCO2)cc1Cl. The summed E-state index contributed by atoms with van der Waals surface area (Å²) in [7, 11) is 3.25. The van der Waals surface area contributed by atoms with Crippen LogP contribution in [0.15, 0.2) is 12.1 Å². The van der Waals surface area contributed by atoms with Crippen molar-refractivity contribution >= 4 is 11.6 Å². The molecule has 1 aliphatic rings. The van der Waals surface area contributed by atoms with Crippen LogP contribution >= 0.6 is 11.6 Å². The number of benzene rings is 1. The summed E-state index contributed by atoms with van der Waals surface area (Å²) < 4.78 is 16.3. The van der Waals surface area contributed by atoms with E-state index in [0.717, 1.165) is 37.3 Å². The Balaban J connectivity index is 2.07. The summed E-state index contributed by atoms with van der Waals surface area (Å²) >= 11 is 6.20. The zero-order valence-electron chi connectivity index (χ0n) is 12.2. The van der Waals surface area contributed by atoms with Crippen molar-refractivity contribution in [3.05, 3.63) is 22.7 Å². The van der Waals surface area contributed by atoms with Crippen molar-refractivity contribution in [1.82, 2.24) is 5.32 Å². The minimum atomic E-state index is 0.137. The van der Waals surface area contributed by atoms with Crippen LogP contribution in [0.2, 0.25) is 5.02 Å². The normalized spacial score (nSPS) is 19.9. The van der Waals surface area contributed by atoms with Crippen molar-refractivity contribution in [1.29, 1.82) is 0 Å². The second-order valence-corrected chi connectivity index (χ2v) is 5.40. The van der Waals surface area contributed by atoms with Gasteiger partial charge in [-0.05, 0) is 25.8 Å². The highest BCUT2D eigenvalue weighted by Crippen LogP contribution is 2.35. The Kier molecular flexibility index (Phi) is 5.52. The minimum absolute atomic E-state index is 0.137. The molecule has 1 aliphatic heterocycles. The number of methoxy groups -OCH3 is 2. The third-order valence-electron chi connectivity index (χ3n) is 3.65. The van der Waals surface area contributed by atoms with Gasteiger partial charge >= 0.3 is 0 Å². The topological polar surface area (TPSA) is 39.7 Å². The van der Waals surface area contributed by atoms with E-state index in [4.69, 9.17) is 25.8 Å². The van der Waals surface area contributed by atoms with Crippen LogP contribution in [0, 0.1) is 0 Å². The maximum Gasteiger partial charge on any atom is 0.141 e. The van der Waals surface area contributed by atoms with Crippen LogP contribution in [-0.4, -0.2) is 33.5 Å². The molecule has 1 saturated heterocycles. The highest BCUT2D eigenvalue weighted by atomic mass is 35.5. The molecule has 0 aliphatic carbocycles. The molecular weight excluding hydrogens is 278 g/mol. The highest BCUT2D eigenvalue weighted by molar-refractivity contribution is 6.32. The first-order chi connectivity index (χ1) is 9.65. The van der Waals surface area contributed by atoms with Gasteiger partial charge in [0.25, 0.3) is 0 Å².